The van der Waals surface area contributed by atoms with Crippen LogP contribution in [0.3, 0.4) is 0 Å². The van der Waals surface area contributed by atoms with Gasteiger partial charge in [-0.2, -0.15) is 5.10 Å². The van der Waals surface area contributed by atoms with E-state index in [0.29, 0.717) is 30.2 Å². The monoisotopic (exact) mass is 385 g/mol. The maximum atomic E-state index is 12.2. The molecule has 2 N–H and O–H groups in total. The number of rotatable bonds is 5. The van der Waals surface area contributed by atoms with E-state index in [1.807, 2.05) is 18.5 Å². The van der Waals surface area contributed by atoms with E-state index in [1.165, 1.54) is 5.56 Å². The van der Waals surface area contributed by atoms with Crippen molar-refractivity contribution in [1.29, 1.82) is 0 Å². The maximum Gasteiger partial charge on any atom is 0.319 e. The number of fused-ring (bicyclic) bond motifs is 1. The zero-order valence-electron chi connectivity index (χ0n) is 17.0. The quantitative estimate of drug-likeness (QED) is 0.828. The van der Waals surface area contributed by atoms with Crippen molar-refractivity contribution in [2.45, 2.75) is 46.8 Å². The van der Waals surface area contributed by atoms with Crippen molar-refractivity contribution in [2.75, 3.05) is 23.8 Å². The Balaban J connectivity index is 1.58. The normalized spacial score (nSPS) is 15.8. The number of amides is 3. The lowest BCUT2D eigenvalue weighted by atomic mass is 10.1. The summed E-state index contributed by atoms with van der Waals surface area (Å²) < 4.78 is 7.51. The third-order valence-corrected chi connectivity index (χ3v) is 5.05. The van der Waals surface area contributed by atoms with Gasteiger partial charge in [-0.1, -0.05) is 6.92 Å². The Morgan fingerprint density at radius 2 is 2.07 bits per heavy atom. The van der Waals surface area contributed by atoms with Crippen LogP contribution >= 0.6 is 0 Å². The molecule has 0 radical (unpaired) electrons. The molecule has 0 saturated heterocycles. The number of likely N-dealkylation sites (N-methyl/N-ethyl adjacent to an activating group) is 1. The number of hydrogen-bond acceptors (Lipinski definition) is 4. The van der Waals surface area contributed by atoms with Crippen LogP contribution in [0.2, 0.25) is 0 Å². The molecular weight excluding hydrogens is 358 g/mol. The molecule has 1 aliphatic heterocycles. The Morgan fingerprint density at radius 3 is 2.75 bits per heavy atom. The summed E-state index contributed by atoms with van der Waals surface area (Å²) in [4.78, 5) is 25.8. The molecule has 2 aromatic rings. The van der Waals surface area contributed by atoms with Crippen molar-refractivity contribution in [1.82, 2.24) is 15.1 Å². The number of ether oxygens (including phenoxy) is 1. The highest BCUT2D eigenvalue weighted by molar-refractivity contribution is 6.00. The van der Waals surface area contributed by atoms with Crippen LogP contribution in [-0.4, -0.2) is 41.4 Å². The fraction of sp³-hybridized carbons (Fsp3) is 0.450. The molecule has 8 nitrogen and oxygen atoms in total. The number of carbonyl (C=O) groups is 2. The Morgan fingerprint density at radius 1 is 1.32 bits per heavy atom. The van der Waals surface area contributed by atoms with Crippen molar-refractivity contribution < 1.29 is 14.3 Å². The molecule has 3 rings (SSSR count). The van der Waals surface area contributed by atoms with Crippen molar-refractivity contribution in [3.8, 4) is 5.75 Å². The minimum atomic E-state index is -0.512. The van der Waals surface area contributed by atoms with Crippen molar-refractivity contribution in [3.05, 3.63) is 35.2 Å². The van der Waals surface area contributed by atoms with Crippen LogP contribution in [0, 0.1) is 13.8 Å². The highest BCUT2D eigenvalue weighted by Gasteiger charge is 2.29. The van der Waals surface area contributed by atoms with E-state index in [1.54, 1.807) is 37.1 Å². The summed E-state index contributed by atoms with van der Waals surface area (Å²) in [5, 5.41) is 10.2. The second-order valence-corrected chi connectivity index (χ2v) is 6.95. The van der Waals surface area contributed by atoms with Gasteiger partial charge in [0.25, 0.3) is 5.91 Å². The summed E-state index contributed by atoms with van der Waals surface area (Å²) in [6.45, 7) is 8.95. The number of benzene rings is 1. The van der Waals surface area contributed by atoms with Gasteiger partial charge in [0, 0.05) is 25.0 Å². The number of aryl methyl sites for hydroxylation is 1. The number of urea groups is 1. The van der Waals surface area contributed by atoms with E-state index >= 15 is 0 Å². The van der Waals surface area contributed by atoms with Crippen LogP contribution in [0.5, 0.6) is 5.75 Å². The molecule has 0 saturated carbocycles. The molecular formula is C20H27N5O3. The maximum absolute atomic E-state index is 12.2. The van der Waals surface area contributed by atoms with Crippen LogP contribution in [-0.2, 0) is 17.8 Å². The number of carbonyl (C=O) groups excluding carboxylic acids is 2. The Hall–Kier alpha value is -3.03. The average molecular weight is 385 g/mol. The minimum absolute atomic E-state index is 0.120. The van der Waals surface area contributed by atoms with Crippen LogP contribution in [0.1, 0.15) is 30.8 Å². The van der Waals surface area contributed by atoms with Gasteiger partial charge in [0.05, 0.1) is 17.9 Å². The zero-order chi connectivity index (χ0) is 20.4. The van der Waals surface area contributed by atoms with Gasteiger partial charge in [-0.15, -0.1) is 0 Å². The highest BCUT2D eigenvalue weighted by Crippen LogP contribution is 2.35. The summed E-state index contributed by atoms with van der Waals surface area (Å²) >= 11 is 0. The lowest BCUT2D eigenvalue weighted by molar-refractivity contribution is -0.125. The van der Waals surface area contributed by atoms with Crippen LogP contribution in [0.15, 0.2) is 18.2 Å². The van der Waals surface area contributed by atoms with Gasteiger partial charge in [0.1, 0.15) is 5.75 Å². The lowest BCUT2D eigenvalue weighted by Crippen LogP contribution is -2.42. The largest absolute Gasteiger partial charge is 0.479 e. The number of nitrogens with zero attached hydrogens (tertiary/aromatic N) is 3. The molecule has 8 heteroatoms. The summed E-state index contributed by atoms with van der Waals surface area (Å²) in [6.07, 6.45) is 0.436. The topological polar surface area (TPSA) is 88.5 Å². The first-order valence-corrected chi connectivity index (χ1v) is 9.47. The molecule has 28 heavy (non-hydrogen) atoms. The van der Waals surface area contributed by atoms with Gasteiger partial charge in [0.15, 0.2) is 6.10 Å². The van der Waals surface area contributed by atoms with E-state index in [-0.39, 0.29) is 11.9 Å². The van der Waals surface area contributed by atoms with E-state index in [9.17, 15) is 9.59 Å². The SMILES string of the molecule is CCc1c(C)nn(CCNC(=O)Nc2ccc3c(c2)N(C)C(=O)[C@H](C)O3)c1C. The highest BCUT2D eigenvalue weighted by atomic mass is 16.5. The van der Waals surface area contributed by atoms with E-state index < -0.39 is 6.10 Å². The molecule has 0 fully saturated rings. The first-order chi connectivity index (χ1) is 13.3. The molecule has 0 spiro atoms. The first-order valence-electron chi connectivity index (χ1n) is 9.47. The van der Waals surface area contributed by atoms with Crippen molar-refractivity contribution in [2.24, 2.45) is 0 Å². The van der Waals surface area contributed by atoms with Gasteiger partial charge in [-0.25, -0.2) is 4.79 Å². The van der Waals surface area contributed by atoms with Gasteiger partial charge in [0.2, 0.25) is 0 Å². The predicted molar refractivity (Wildman–Crippen MR) is 108 cm³/mol. The third kappa shape index (κ3) is 3.81. The number of hydrogen-bond donors (Lipinski definition) is 2. The molecule has 1 aromatic carbocycles. The summed E-state index contributed by atoms with van der Waals surface area (Å²) in [5.74, 6) is 0.502. The predicted octanol–water partition coefficient (Wildman–Crippen LogP) is 2.63. The number of nitrogens with one attached hydrogen (secondary N) is 2. The molecule has 0 aliphatic carbocycles. The van der Waals surface area contributed by atoms with Gasteiger partial charge in [-0.05, 0) is 51.0 Å². The summed E-state index contributed by atoms with van der Waals surface area (Å²) in [5.41, 5.74) is 4.66. The van der Waals surface area contributed by atoms with E-state index in [0.717, 1.165) is 17.8 Å². The van der Waals surface area contributed by atoms with E-state index in [2.05, 4.69) is 22.7 Å². The van der Waals surface area contributed by atoms with E-state index in [4.69, 9.17) is 4.74 Å². The molecule has 1 atom stereocenters. The first kappa shape index (κ1) is 19.7. The Labute approximate surface area is 164 Å². The average Bonchev–Trinajstić information content (AvgIpc) is 2.93. The fourth-order valence-electron chi connectivity index (χ4n) is 3.50. The molecule has 3 amide bonds. The molecule has 1 aromatic heterocycles. The van der Waals surface area contributed by atoms with Gasteiger partial charge in [-0.3, -0.25) is 9.48 Å². The second-order valence-electron chi connectivity index (χ2n) is 6.95. The molecule has 2 heterocycles. The number of anilines is 2. The fourth-order valence-corrected chi connectivity index (χ4v) is 3.50. The molecule has 0 bridgehead atoms. The second kappa shape index (κ2) is 7.92. The smallest absolute Gasteiger partial charge is 0.319 e. The standard InChI is InChI=1S/C20H27N5O3/c1-6-16-12(2)23-25(13(16)3)10-9-21-20(27)22-15-7-8-18-17(11-15)24(5)19(26)14(4)28-18/h7-8,11,14H,6,9-10H2,1-5H3,(H2,21,22,27)/t14-/m0/s1. The Kier molecular flexibility index (Phi) is 5.58. The molecule has 1 aliphatic rings. The van der Waals surface area contributed by atoms with Crippen LogP contribution in [0.25, 0.3) is 0 Å². The van der Waals surface area contributed by atoms with Gasteiger partial charge < -0.3 is 20.3 Å². The van der Waals surface area contributed by atoms with Crippen LogP contribution in [0.4, 0.5) is 16.2 Å². The van der Waals surface area contributed by atoms with Crippen LogP contribution < -0.4 is 20.3 Å². The van der Waals surface area contributed by atoms with Gasteiger partial charge >= 0.3 is 6.03 Å². The van der Waals surface area contributed by atoms with Crippen molar-refractivity contribution in [3.63, 3.8) is 0 Å². The molecule has 150 valence electrons. The summed E-state index contributed by atoms with van der Waals surface area (Å²) in [6, 6.07) is 4.93. The minimum Gasteiger partial charge on any atom is -0.479 e. The molecule has 0 unspecified atom stereocenters. The van der Waals surface area contributed by atoms with Crippen molar-refractivity contribution >= 4 is 23.3 Å². The lowest BCUT2D eigenvalue weighted by Gasteiger charge is -2.30. The summed E-state index contributed by atoms with van der Waals surface area (Å²) in [7, 11) is 1.70. The Bertz CT molecular complexity index is 905. The zero-order valence-corrected chi connectivity index (χ0v) is 17.0. The number of aromatic nitrogens is 2. The third-order valence-electron chi connectivity index (χ3n) is 5.05.